The second kappa shape index (κ2) is 12.1. The number of amides is 1. The molecule has 44 heavy (non-hydrogen) atoms. The lowest BCUT2D eigenvalue weighted by atomic mass is 10.0. The molecule has 0 aliphatic carbocycles. The number of hydrogen-bond acceptors (Lipinski definition) is 7. The van der Waals surface area contributed by atoms with Crippen molar-refractivity contribution in [2.75, 3.05) is 38.7 Å². The molecule has 0 spiro atoms. The molecule has 6 rings (SSSR count). The van der Waals surface area contributed by atoms with Gasteiger partial charge in [0.25, 0.3) is 11.5 Å². The predicted octanol–water partition coefficient (Wildman–Crippen LogP) is 3.92. The number of carbonyl (C=O) groups excluding carboxylic acids is 1. The number of nitrogens with one attached hydrogen (secondary N) is 1. The summed E-state index contributed by atoms with van der Waals surface area (Å²) in [7, 11) is 3.27. The Hall–Kier alpha value is -5.42. The Morgan fingerprint density at radius 2 is 1.64 bits per heavy atom. The van der Waals surface area contributed by atoms with Gasteiger partial charge in [0.05, 0.1) is 37.4 Å². The molecule has 1 aliphatic heterocycles. The van der Waals surface area contributed by atoms with Gasteiger partial charge in [0.15, 0.2) is 5.82 Å². The summed E-state index contributed by atoms with van der Waals surface area (Å²) in [5.41, 5.74) is 4.25. The minimum absolute atomic E-state index is 0.0512. The van der Waals surface area contributed by atoms with E-state index in [9.17, 15) is 14.4 Å². The van der Waals surface area contributed by atoms with Gasteiger partial charge < -0.3 is 24.3 Å². The fraction of sp³-hybridized carbons (Fsp3) is 0.212. The Kier molecular flexibility index (Phi) is 7.86. The fourth-order valence-corrected chi connectivity index (χ4v) is 5.26. The molecule has 2 aromatic heterocycles. The quantitative estimate of drug-likeness (QED) is 0.305. The maximum atomic E-state index is 13.4. The molecule has 3 heterocycles. The van der Waals surface area contributed by atoms with E-state index in [0.717, 1.165) is 16.8 Å². The first kappa shape index (κ1) is 28.7. The molecule has 0 unspecified atom stereocenters. The van der Waals surface area contributed by atoms with Crippen molar-refractivity contribution in [3.05, 3.63) is 117 Å². The summed E-state index contributed by atoms with van der Waals surface area (Å²) in [6.07, 6.45) is 5.13. The smallest absolute Gasteiger partial charge is 0.337 e. The molecule has 0 bridgehead atoms. The zero-order valence-corrected chi connectivity index (χ0v) is 24.7. The van der Waals surface area contributed by atoms with Crippen LogP contribution in [0, 0.1) is 6.92 Å². The standard InChI is InChI=1S/C33H32N6O5/c1-22-27(5-4-6-29(22)39-16-15-38(33(39)42)25-11-13-26(43-3)14-12-25)28-21-36(2)32(41)30(35-28)34-24-9-7-23(8-10-24)31(40)37-17-19-44-20-18-37/h4-16,21H,17-20H2,1-3H3,(H,34,35). The van der Waals surface area contributed by atoms with E-state index in [1.54, 1.807) is 83.2 Å². The van der Waals surface area contributed by atoms with Crippen molar-refractivity contribution in [2.24, 2.45) is 7.05 Å². The van der Waals surface area contributed by atoms with Gasteiger partial charge in [-0.15, -0.1) is 0 Å². The van der Waals surface area contributed by atoms with Crippen molar-refractivity contribution in [3.8, 4) is 28.4 Å². The lowest BCUT2D eigenvalue weighted by Crippen LogP contribution is -2.40. The van der Waals surface area contributed by atoms with E-state index >= 15 is 0 Å². The molecule has 11 nitrogen and oxygen atoms in total. The van der Waals surface area contributed by atoms with Gasteiger partial charge in [-0.05, 0) is 67.1 Å². The Morgan fingerprint density at radius 1 is 0.932 bits per heavy atom. The van der Waals surface area contributed by atoms with E-state index in [0.29, 0.717) is 54.7 Å². The molecular formula is C33H32N6O5. The second-order valence-electron chi connectivity index (χ2n) is 10.5. The summed E-state index contributed by atoms with van der Waals surface area (Å²) in [5.74, 6) is 0.800. The maximum absolute atomic E-state index is 13.4. The van der Waals surface area contributed by atoms with E-state index in [-0.39, 0.29) is 23.0 Å². The number of rotatable bonds is 7. The molecule has 5 aromatic rings. The number of aryl methyl sites for hydroxylation is 1. The third-order valence-electron chi connectivity index (χ3n) is 7.73. The van der Waals surface area contributed by atoms with Crippen LogP contribution in [0.15, 0.2) is 94.9 Å². The highest BCUT2D eigenvalue weighted by Crippen LogP contribution is 2.27. The fourth-order valence-electron chi connectivity index (χ4n) is 5.26. The van der Waals surface area contributed by atoms with Crippen molar-refractivity contribution in [3.63, 3.8) is 0 Å². The molecule has 1 saturated heterocycles. The van der Waals surface area contributed by atoms with Crippen LogP contribution in [0.3, 0.4) is 0 Å². The van der Waals surface area contributed by atoms with Gasteiger partial charge in [0, 0.05) is 55.5 Å². The average Bonchev–Trinajstić information content (AvgIpc) is 3.44. The van der Waals surface area contributed by atoms with Crippen molar-refractivity contribution < 1.29 is 14.3 Å². The molecule has 0 saturated carbocycles. The van der Waals surface area contributed by atoms with Gasteiger partial charge in [-0.3, -0.25) is 18.7 Å². The van der Waals surface area contributed by atoms with Crippen LogP contribution in [-0.2, 0) is 11.8 Å². The van der Waals surface area contributed by atoms with E-state index in [4.69, 9.17) is 9.47 Å². The summed E-state index contributed by atoms with van der Waals surface area (Å²) < 4.78 is 15.2. The van der Waals surface area contributed by atoms with Crippen LogP contribution in [0.2, 0.25) is 0 Å². The first-order valence-corrected chi connectivity index (χ1v) is 14.2. The Bertz CT molecular complexity index is 1930. The van der Waals surface area contributed by atoms with Crippen LogP contribution in [0.5, 0.6) is 5.75 Å². The summed E-state index contributed by atoms with van der Waals surface area (Å²) in [4.78, 5) is 45.7. The zero-order valence-electron chi connectivity index (χ0n) is 24.7. The van der Waals surface area contributed by atoms with Crippen molar-refractivity contribution in [2.45, 2.75) is 6.92 Å². The molecule has 3 aromatic carbocycles. The van der Waals surface area contributed by atoms with E-state index in [2.05, 4.69) is 10.3 Å². The maximum Gasteiger partial charge on any atom is 0.337 e. The molecule has 11 heteroatoms. The zero-order chi connectivity index (χ0) is 30.8. The van der Waals surface area contributed by atoms with Crippen molar-refractivity contribution in [1.82, 2.24) is 23.6 Å². The number of hydrogen-bond donors (Lipinski definition) is 1. The number of nitrogens with zero attached hydrogens (tertiary/aromatic N) is 5. The van der Waals surface area contributed by atoms with Gasteiger partial charge in [0.1, 0.15) is 5.75 Å². The minimum atomic E-state index is -0.302. The third-order valence-corrected chi connectivity index (χ3v) is 7.73. The molecule has 1 fully saturated rings. The predicted molar refractivity (Wildman–Crippen MR) is 168 cm³/mol. The number of aromatic nitrogens is 4. The average molecular weight is 593 g/mol. The largest absolute Gasteiger partial charge is 0.497 e. The number of benzene rings is 3. The number of ether oxygens (including phenoxy) is 2. The number of anilines is 2. The van der Waals surface area contributed by atoms with Gasteiger partial charge in [-0.25, -0.2) is 9.78 Å². The molecule has 1 aliphatic rings. The summed E-state index contributed by atoms with van der Waals surface area (Å²) in [5, 5.41) is 3.12. The van der Waals surface area contributed by atoms with E-state index < -0.39 is 0 Å². The highest BCUT2D eigenvalue weighted by molar-refractivity contribution is 5.94. The van der Waals surface area contributed by atoms with Crippen LogP contribution in [0.25, 0.3) is 22.6 Å². The van der Waals surface area contributed by atoms with E-state index in [1.165, 1.54) is 4.57 Å². The summed E-state index contributed by atoms with van der Waals surface area (Å²) >= 11 is 0. The number of morpholine rings is 1. The lowest BCUT2D eigenvalue weighted by Gasteiger charge is -2.26. The highest BCUT2D eigenvalue weighted by Gasteiger charge is 2.19. The molecule has 1 amide bonds. The minimum Gasteiger partial charge on any atom is -0.497 e. The normalized spacial score (nSPS) is 13.1. The lowest BCUT2D eigenvalue weighted by molar-refractivity contribution is 0.0303. The van der Waals surface area contributed by atoms with Gasteiger partial charge in [-0.1, -0.05) is 12.1 Å². The van der Waals surface area contributed by atoms with Crippen molar-refractivity contribution >= 4 is 17.4 Å². The molecule has 224 valence electrons. The number of imidazole rings is 1. The third kappa shape index (κ3) is 5.52. The van der Waals surface area contributed by atoms with E-state index in [1.807, 2.05) is 37.3 Å². The van der Waals surface area contributed by atoms with Crippen LogP contribution >= 0.6 is 0 Å². The van der Waals surface area contributed by atoms with Gasteiger partial charge in [0.2, 0.25) is 0 Å². The Labute approximate surface area is 253 Å². The SMILES string of the molecule is COc1ccc(-n2ccn(-c3cccc(-c4cn(C)c(=O)c(Nc5ccc(C(=O)N6CCOCC6)cc5)n4)c3C)c2=O)cc1. The molecule has 0 radical (unpaired) electrons. The second-order valence-corrected chi connectivity index (χ2v) is 10.5. The van der Waals surface area contributed by atoms with Crippen molar-refractivity contribution in [1.29, 1.82) is 0 Å². The molecule has 0 atom stereocenters. The highest BCUT2D eigenvalue weighted by atomic mass is 16.5. The number of carbonyl (C=O) groups is 1. The van der Waals surface area contributed by atoms with Crippen LogP contribution < -0.4 is 21.3 Å². The van der Waals surface area contributed by atoms with Gasteiger partial charge in [-0.2, -0.15) is 0 Å². The first-order chi connectivity index (χ1) is 21.3. The van der Waals surface area contributed by atoms with Crippen LogP contribution in [0.1, 0.15) is 15.9 Å². The number of methoxy groups -OCH3 is 1. The van der Waals surface area contributed by atoms with Crippen LogP contribution in [-0.4, -0.2) is 62.9 Å². The topological polar surface area (TPSA) is 113 Å². The molecular weight excluding hydrogens is 560 g/mol. The Balaban J connectivity index is 1.28. The first-order valence-electron chi connectivity index (χ1n) is 14.2. The summed E-state index contributed by atoms with van der Waals surface area (Å²) in [6.45, 7) is 4.12. The summed E-state index contributed by atoms with van der Waals surface area (Å²) in [6, 6.07) is 19.9. The monoisotopic (exact) mass is 592 g/mol. The Morgan fingerprint density at radius 3 is 2.34 bits per heavy atom. The van der Waals surface area contributed by atoms with Crippen LogP contribution in [0.4, 0.5) is 11.5 Å². The molecule has 1 N–H and O–H groups in total. The van der Waals surface area contributed by atoms with Gasteiger partial charge >= 0.3 is 5.69 Å².